The van der Waals surface area contributed by atoms with Gasteiger partial charge in [-0.1, -0.05) is 23.7 Å². The predicted octanol–water partition coefficient (Wildman–Crippen LogP) is 6.07. The van der Waals surface area contributed by atoms with Gasteiger partial charge in [0, 0.05) is 30.1 Å². The molecule has 4 heterocycles. The smallest absolute Gasteiger partial charge is 0.410 e. The van der Waals surface area contributed by atoms with Crippen LogP contribution in [0.2, 0.25) is 5.15 Å². The Hall–Kier alpha value is -4.16. The number of aryl methyl sites for hydroxylation is 1. The molecule has 9 nitrogen and oxygen atoms in total. The summed E-state index contributed by atoms with van der Waals surface area (Å²) in [6, 6.07) is 14.9. The van der Waals surface area contributed by atoms with Crippen LogP contribution in [0.1, 0.15) is 44.9 Å². The number of amides is 1. The van der Waals surface area contributed by atoms with Gasteiger partial charge in [-0.05, 0) is 70.4 Å². The summed E-state index contributed by atoms with van der Waals surface area (Å²) in [5, 5.41) is 14.6. The summed E-state index contributed by atoms with van der Waals surface area (Å²) in [5.74, 6) is 0.425. The maximum atomic E-state index is 12.6. The van der Waals surface area contributed by atoms with E-state index in [9.17, 15) is 10.1 Å². The van der Waals surface area contributed by atoms with E-state index in [0.717, 1.165) is 35.2 Å². The molecule has 5 rings (SSSR count). The summed E-state index contributed by atoms with van der Waals surface area (Å²) in [6.07, 6.45) is 2.83. The normalized spacial score (nSPS) is 15.7. The third kappa shape index (κ3) is 5.96. The lowest BCUT2D eigenvalue weighted by Crippen LogP contribution is -2.46. The highest BCUT2D eigenvalue weighted by Crippen LogP contribution is 2.36. The minimum absolute atomic E-state index is 0.225. The number of likely N-dealkylation sites (tertiary alicyclic amines) is 1. The molecule has 0 radical (unpaired) electrons. The largest absolute Gasteiger partial charge is 0.472 e. The van der Waals surface area contributed by atoms with Crippen LogP contribution in [0.25, 0.3) is 28.0 Å². The minimum atomic E-state index is -0.561. The monoisotopic (exact) mass is 544 g/mol. The van der Waals surface area contributed by atoms with Crippen LogP contribution in [0.15, 0.2) is 48.7 Å². The van der Waals surface area contributed by atoms with Gasteiger partial charge in [-0.3, -0.25) is 0 Å². The zero-order chi connectivity index (χ0) is 27.7. The average molecular weight is 545 g/mol. The molecular weight excluding hydrogens is 516 g/mol. The molecule has 1 aromatic carbocycles. The molecule has 1 aliphatic rings. The number of nitriles is 1. The molecule has 1 saturated heterocycles. The van der Waals surface area contributed by atoms with Crippen LogP contribution >= 0.6 is 11.6 Å². The van der Waals surface area contributed by atoms with E-state index >= 15 is 0 Å². The summed E-state index contributed by atoms with van der Waals surface area (Å²) in [6.45, 7) is 8.48. The Kier molecular flexibility index (Phi) is 7.15. The number of ether oxygens (including phenoxy) is 2. The Bertz CT molecular complexity index is 1570. The average Bonchev–Trinajstić information content (AvgIpc) is 3.26. The summed E-state index contributed by atoms with van der Waals surface area (Å²) in [4.78, 5) is 23.4. The molecule has 4 aromatic rings. The first-order chi connectivity index (χ1) is 18.6. The quantitative estimate of drug-likeness (QED) is 0.287. The predicted molar refractivity (Wildman–Crippen MR) is 148 cm³/mol. The molecule has 39 heavy (non-hydrogen) atoms. The number of halogens is 1. The number of hydrogen-bond donors (Lipinski definition) is 0. The molecule has 200 valence electrons. The first kappa shape index (κ1) is 26.4. The number of rotatable bonds is 4. The van der Waals surface area contributed by atoms with Crippen molar-refractivity contribution in [3.63, 3.8) is 0 Å². The zero-order valence-corrected chi connectivity index (χ0v) is 23.1. The first-order valence-corrected chi connectivity index (χ1v) is 13.2. The van der Waals surface area contributed by atoms with E-state index in [2.05, 4.69) is 11.1 Å². The molecule has 3 aromatic heterocycles. The van der Waals surface area contributed by atoms with Crippen molar-refractivity contribution < 1.29 is 14.3 Å². The van der Waals surface area contributed by atoms with Gasteiger partial charge in [0.25, 0.3) is 0 Å². The highest BCUT2D eigenvalue weighted by Gasteiger charge is 2.29. The van der Waals surface area contributed by atoms with E-state index in [1.54, 1.807) is 39.9 Å². The Morgan fingerprint density at radius 2 is 1.97 bits per heavy atom. The maximum Gasteiger partial charge on any atom is 0.410 e. The van der Waals surface area contributed by atoms with Crippen LogP contribution < -0.4 is 4.74 Å². The van der Waals surface area contributed by atoms with Crippen LogP contribution in [0.5, 0.6) is 5.88 Å². The fourth-order valence-corrected chi connectivity index (χ4v) is 4.90. The van der Waals surface area contributed by atoms with Crippen molar-refractivity contribution in [2.45, 2.75) is 52.2 Å². The van der Waals surface area contributed by atoms with Gasteiger partial charge >= 0.3 is 6.09 Å². The van der Waals surface area contributed by atoms with Crippen LogP contribution in [0.3, 0.4) is 0 Å². The number of pyridine rings is 1. The number of aromatic nitrogens is 4. The topological polar surface area (TPSA) is 106 Å². The Morgan fingerprint density at radius 3 is 2.72 bits per heavy atom. The second-order valence-electron chi connectivity index (χ2n) is 10.6. The molecule has 0 N–H and O–H groups in total. The molecule has 10 heteroatoms. The zero-order valence-electron chi connectivity index (χ0n) is 22.3. The Morgan fingerprint density at radius 1 is 1.15 bits per heavy atom. The molecule has 0 saturated carbocycles. The van der Waals surface area contributed by atoms with Gasteiger partial charge in [0.1, 0.15) is 22.6 Å². The van der Waals surface area contributed by atoms with Gasteiger partial charge in [-0.15, -0.1) is 0 Å². The fraction of sp³-hybridized carbons (Fsp3) is 0.345. The van der Waals surface area contributed by atoms with E-state index < -0.39 is 5.60 Å². The van der Waals surface area contributed by atoms with E-state index in [0.29, 0.717) is 41.0 Å². The maximum absolute atomic E-state index is 12.6. The number of carbonyl (C=O) groups excluding carboxylic acids is 1. The lowest BCUT2D eigenvalue weighted by Gasteiger charge is -2.33. The molecule has 1 amide bonds. The Labute approximate surface area is 232 Å². The van der Waals surface area contributed by atoms with Crippen molar-refractivity contribution in [2.24, 2.45) is 0 Å². The third-order valence-corrected chi connectivity index (χ3v) is 6.45. The standard InChI is InChI=1S/C29H29ClN6O3/c1-18-13-21(15-23(30)32-18)25-26(20-8-5-7-19(14-20)16-31)34-36-12-10-24(33-27(25)36)38-22-9-6-11-35(17-22)28(37)39-29(2,3)4/h5,7-8,10,12-15,22H,6,9,11,17H2,1-4H3/t22-/m1/s1. The van der Waals surface area contributed by atoms with Gasteiger partial charge in [-0.2, -0.15) is 15.3 Å². The molecule has 0 aliphatic carbocycles. The molecule has 1 aliphatic heterocycles. The second kappa shape index (κ2) is 10.5. The van der Waals surface area contributed by atoms with Crippen LogP contribution in [-0.4, -0.2) is 55.4 Å². The van der Waals surface area contributed by atoms with E-state index in [4.69, 9.17) is 31.2 Å². The highest BCUT2D eigenvalue weighted by atomic mass is 35.5. The molecule has 0 spiro atoms. The minimum Gasteiger partial charge on any atom is -0.472 e. The Balaban J connectivity index is 1.52. The lowest BCUT2D eigenvalue weighted by molar-refractivity contribution is 0.00723. The van der Waals surface area contributed by atoms with Gasteiger partial charge in [0.05, 0.1) is 23.7 Å². The van der Waals surface area contributed by atoms with Gasteiger partial charge in [0.15, 0.2) is 5.65 Å². The number of benzene rings is 1. The summed E-state index contributed by atoms with van der Waals surface area (Å²) < 4.78 is 13.5. The number of carbonyl (C=O) groups is 1. The molecule has 1 fully saturated rings. The van der Waals surface area contributed by atoms with Crippen molar-refractivity contribution in [3.8, 4) is 34.3 Å². The molecular formula is C29H29ClN6O3. The van der Waals surface area contributed by atoms with E-state index in [1.807, 2.05) is 45.9 Å². The fourth-order valence-electron chi connectivity index (χ4n) is 4.65. The van der Waals surface area contributed by atoms with Gasteiger partial charge < -0.3 is 14.4 Å². The van der Waals surface area contributed by atoms with Gasteiger partial charge in [-0.25, -0.2) is 14.3 Å². The number of nitrogens with zero attached hydrogens (tertiary/aromatic N) is 6. The number of fused-ring (bicyclic) bond motifs is 1. The highest BCUT2D eigenvalue weighted by molar-refractivity contribution is 6.29. The van der Waals surface area contributed by atoms with E-state index in [-0.39, 0.29) is 12.2 Å². The van der Waals surface area contributed by atoms with Crippen molar-refractivity contribution in [1.29, 1.82) is 5.26 Å². The summed E-state index contributed by atoms with van der Waals surface area (Å²) in [7, 11) is 0. The van der Waals surface area contributed by atoms with Crippen molar-refractivity contribution in [2.75, 3.05) is 13.1 Å². The van der Waals surface area contributed by atoms with Gasteiger partial charge in [0.2, 0.25) is 5.88 Å². The number of hydrogen-bond acceptors (Lipinski definition) is 7. The van der Waals surface area contributed by atoms with E-state index in [1.165, 1.54) is 0 Å². The van der Waals surface area contributed by atoms with Crippen LogP contribution in [-0.2, 0) is 4.74 Å². The van der Waals surface area contributed by atoms with Crippen molar-refractivity contribution in [1.82, 2.24) is 24.5 Å². The van der Waals surface area contributed by atoms with Crippen molar-refractivity contribution in [3.05, 3.63) is 65.1 Å². The number of piperidine rings is 1. The lowest BCUT2D eigenvalue weighted by atomic mass is 10.00. The first-order valence-electron chi connectivity index (χ1n) is 12.8. The summed E-state index contributed by atoms with van der Waals surface area (Å²) >= 11 is 6.33. The van der Waals surface area contributed by atoms with Crippen LogP contribution in [0.4, 0.5) is 4.79 Å². The summed E-state index contributed by atoms with van der Waals surface area (Å²) in [5.41, 5.74) is 4.30. The third-order valence-electron chi connectivity index (χ3n) is 6.25. The van der Waals surface area contributed by atoms with Crippen LogP contribution in [0, 0.1) is 18.3 Å². The molecule has 0 bridgehead atoms. The molecule has 0 unspecified atom stereocenters. The second-order valence-corrected chi connectivity index (χ2v) is 11.0. The molecule has 1 atom stereocenters. The van der Waals surface area contributed by atoms with Crippen molar-refractivity contribution >= 4 is 23.3 Å². The SMILES string of the molecule is Cc1cc(-c2c(-c3cccc(C#N)c3)nn3ccc(O[C@@H]4CCCN(C(=O)OC(C)(C)C)C4)nc23)cc(Cl)n1.